The number of nitrogens with zero attached hydrogens (tertiary/aromatic N) is 2. The lowest BCUT2D eigenvalue weighted by Crippen LogP contribution is -2.14. The number of aliphatic imine (C=N–C) groups is 1. The van der Waals surface area contributed by atoms with Gasteiger partial charge in [0.25, 0.3) is 0 Å². The molecule has 0 saturated carbocycles. The molecule has 0 aliphatic rings. The van der Waals surface area contributed by atoms with Gasteiger partial charge in [0.05, 0.1) is 5.56 Å². The summed E-state index contributed by atoms with van der Waals surface area (Å²) in [5, 5.41) is 8.19. The van der Waals surface area contributed by atoms with E-state index in [1.165, 1.54) is 18.3 Å². The fourth-order valence-corrected chi connectivity index (χ4v) is 0.973. The highest BCUT2D eigenvalue weighted by molar-refractivity contribution is 5.98. The quantitative estimate of drug-likeness (QED) is 0.440. The maximum atomic E-state index is 12.3. The van der Waals surface area contributed by atoms with Gasteiger partial charge in [0.1, 0.15) is 5.84 Å². The van der Waals surface area contributed by atoms with Crippen molar-refractivity contribution in [2.75, 3.05) is 0 Å². The number of nitriles is 1. The molecule has 0 aromatic heterocycles. The van der Waals surface area contributed by atoms with Gasteiger partial charge in [-0.05, 0) is 12.1 Å². The Morgan fingerprint density at radius 3 is 2.60 bits per heavy atom. The van der Waals surface area contributed by atoms with Gasteiger partial charge in [0, 0.05) is 5.56 Å². The molecule has 0 fully saturated rings. The van der Waals surface area contributed by atoms with Gasteiger partial charge in [0.15, 0.2) is 0 Å². The van der Waals surface area contributed by atoms with Gasteiger partial charge >= 0.3 is 6.18 Å². The van der Waals surface area contributed by atoms with Crippen LogP contribution in [-0.4, -0.2) is 5.84 Å². The first-order valence-corrected chi connectivity index (χ1v) is 3.85. The van der Waals surface area contributed by atoms with E-state index in [2.05, 4.69) is 4.99 Å². The average molecular weight is 213 g/mol. The lowest BCUT2D eigenvalue weighted by molar-refractivity contribution is -0.137. The Labute approximate surface area is 83.7 Å². The predicted molar refractivity (Wildman–Crippen MR) is 47.8 cm³/mol. The summed E-state index contributed by atoms with van der Waals surface area (Å²) in [4.78, 5) is 3.15. The topological polar surface area (TPSA) is 62.2 Å². The number of halogens is 3. The Hall–Kier alpha value is -2.03. The van der Waals surface area contributed by atoms with Crippen molar-refractivity contribution in [1.29, 1.82) is 5.26 Å². The number of alkyl halides is 3. The van der Waals surface area contributed by atoms with E-state index in [0.717, 1.165) is 12.1 Å². The largest absolute Gasteiger partial charge is 0.416 e. The van der Waals surface area contributed by atoms with Crippen LogP contribution in [0.5, 0.6) is 0 Å². The summed E-state index contributed by atoms with van der Waals surface area (Å²) in [6.45, 7) is 0. The maximum Gasteiger partial charge on any atom is 0.416 e. The molecule has 0 unspecified atom stereocenters. The molecule has 1 aromatic carbocycles. The summed E-state index contributed by atoms with van der Waals surface area (Å²) in [6.07, 6.45) is -3.02. The first-order valence-electron chi connectivity index (χ1n) is 3.85. The van der Waals surface area contributed by atoms with E-state index in [1.807, 2.05) is 0 Å². The van der Waals surface area contributed by atoms with Crippen LogP contribution in [0.25, 0.3) is 0 Å². The molecule has 1 rings (SSSR count). The minimum Gasteiger partial charge on any atom is -0.383 e. The number of rotatable bonds is 1. The molecule has 0 bridgehead atoms. The Kier molecular flexibility index (Phi) is 2.95. The zero-order valence-corrected chi connectivity index (χ0v) is 7.42. The van der Waals surface area contributed by atoms with E-state index >= 15 is 0 Å². The Bertz CT molecular complexity index is 429. The lowest BCUT2D eigenvalue weighted by Gasteiger charge is -2.07. The van der Waals surface area contributed by atoms with Crippen molar-refractivity contribution >= 4 is 5.84 Å². The van der Waals surface area contributed by atoms with Crippen LogP contribution in [0.15, 0.2) is 29.3 Å². The molecular weight excluding hydrogens is 207 g/mol. The van der Waals surface area contributed by atoms with Crippen molar-refractivity contribution in [1.82, 2.24) is 0 Å². The first kappa shape index (κ1) is 11.0. The van der Waals surface area contributed by atoms with Crippen molar-refractivity contribution in [3.05, 3.63) is 35.4 Å². The molecule has 6 heteroatoms. The van der Waals surface area contributed by atoms with Crippen LogP contribution in [0.1, 0.15) is 11.1 Å². The molecule has 0 saturated heterocycles. The Balaban J connectivity index is 3.15. The SMILES string of the molecule is N#CN=C(N)c1cccc(C(F)(F)F)c1. The second kappa shape index (κ2) is 4.00. The molecule has 0 aliphatic heterocycles. The highest BCUT2D eigenvalue weighted by atomic mass is 19.4. The molecule has 2 N–H and O–H groups in total. The van der Waals surface area contributed by atoms with E-state index in [-0.39, 0.29) is 11.4 Å². The third-order valence-corrected chi connectivity index (χ3v) is 1.66. The van der Waals surface area contributed by atoms with Crippen LogP contribution in [0.3, 0.4) is 0 Å². The van der Waals surface area contributed by atoms with Crippen LogP contribution >= 0.6 is 0 Å². The lowest BCUT2D eigenvalue weighted by atomic mass is 10.1. The summed E-state index contributed by atoms with van der Waals surface area (Å²) < 4.78 is 36.8. The summed E-state index contributed by atoms with van der Waals surface area (Å²) in [7, 11) is 0. The smallest absolute Gasteiger partial charge is 0.383 e. The Morgan fingerprint density at radius 2 is 2.07 bits per heavy atom. The van der Waals surface area contributed by atoms with Crippen LogP contribution in [-0.2, 0) is 6.18 Å². The van der Waals surface area contributed by atoms with Crippen LogP contribution in [0, 0.1) is 11.5 Å². The van der Waals surface area contributed by atoms with Gasteiger partial charge in [-0.15, -0.1) is 0 Å². The number of benzene rings is 1. The average Bonchev–Trinajstić information content (AvgIpc) is 2.17. The summed E-state index contributed by atoms with van der Waals surface area (Å²) in [5.41, 5.74) is 4.53. The highest BCUT2D eigenvalue weighted by Crippen LogP contribution is 2.29. The minimum absolute atomic E-state index is 0.0753. The number of nitrogens with two attached hydrogens (primary N) is 1. The monoisotopic (exact) mass is 213 g/mol. The molecule has 78 valence electrons. The number of hydrogen-bond acceptors (Lipinski definition) is 2. The molecule has 0 heterocycles. The molecule has 0 amide bonds. The van der Waals surface area contributed by atoms with E-state index in [4.69, 9.17) is 11.0 Å². The van der Waals surface area contributed by atoms with E-state index in [0.29, 0.717) is 0 Å². The molecule has 1 aromatic rings. The normalized spacial score (nSPS) is 12.3. The predicted octanol–water partition coefficient (Wildman–Crippen LogP) is 1.89. The molecule has 0 spiro atoms. The van der Waals surface area contributed by atoms with Crippen LogP contribution in [0.2, 0.25) is 0 Å². The summed E-state index contributed by atoms with van der Waals surface area (Å²) >= 11 is 0. The van der Waals surface area contributed by atoms with Gasteiger partial charge in [0.2, 0.25) is 6.19 Å². The van der Waals surface area contributed by atoms with Crippen molar-refractivity contribution in [3.8, 4) is 6.19 Å². The first-order chi connectivity index (χ1) is 6.95. The van der Waals surface area contributed by atoms with E-state index in [9.17, 15) is 13.2 Å². The van der Waals surface area contributed by atoms with E-state index in [1.54, 1.807) is 0 Å². The minimum atomic E-state index is -4.43. The van der Waals surface area contributed by atoms with Gasteiger partial charge in [-0.1, -0.05) is 12.1 Å². The molecule has 0 aliphatic carbocycles. The van der Waals surface area contributed by atoms with Gasteiger partial charge in [-0.25, -0.2) is 0 Å². The zero-order valence-electron chi connectivity index (χ0n) is 7.42. The fraction of sp³-hybridized carbons (Fsp3) is 0.111. The van der Waals surface area contributed by atoms with Crippen LogP contribution < -0.4 is 5.73 Å². The second-order valence-corrected chi connectivity index (χ2v) is 2.68. The maximum absolute atomic E-state index is 12.3. The van der Waals surface area contributed by atoms with Crippen molar-refractivity contribution < 1.29 is 13.2 Å². The van der Waals surface area contributed by atoms with Gasteiger partial charge in [-0.3, -0.25) is 0 Å². The zero-order chi connectivity index (χ0) is 11.5. The summed E-state index contributed by atoms with van der Waals surface area (Å²) in [5.74, 6) is -0.233. The van der Waals surface area contributed by atoms with Crippen molar-refractivity contribution in [3.63, 3.8) is 0 Å². The highest BCUT2D eigenvalue weighted by Gasteiger charge is 2.30. The standard InChI is InChI=1S/C9H6F3N3/c10-9(11,12)7-3-1-2-6(4-7)8(14)15-5-13/h1-4H,(H2,14,15). The van der Waals surface area contributed by atoms with Gasteiger partial charge < -0.3 is 5.73 Å². The Morgan fingerprint density at radius 1 is 1.40 bits per heavy atom. The summed E-state index contributed by atoms with van der Waals surface area (Å²) in [6, 6.07) is 4.32. The molecule has 15 heavy (non-hydrogen) atoms. The molecular formula is C9H6F3N3. The fourth-order valence-electron chi connectivity index (χ4n) is 0.973. The molecule has 3 nitrogen and oxygen atoms in total. The third kappa shape index (κ3) is 2.71. The van der Waals surface area contributed by atoms with Gasteiger partial charge in [-0.2, -0.15) is 23.4 Å². The second-order valence-electron chi connectivity index (χ2n) is 2.68. The molecule has 0 radical (unpaired) electrons. The van der Waals surface area contributed by atoms with Crippen LogP contribution in [0.4, 0.5) is 13.2 Å². The van der Waals surface area contributed by atoms with Crippen molar-refractivity contribution in [2.45, 2.75) is 6.18 Å². The third-order valence-electron chi connectivity index (χ3n) is 1.66. The molecule has 0 atom stereocenters. The number of amidine groups is 1. The number of hydrogen-bond donors (Lipinski definition) is 1. The van der Waals surface area contributed by atoms with E-state index < -0.39 is 11.7 Å². The van der Waals surface area contributed by atoms with Crippen molar-refractivity contribution in [2.24, 2.45) is 10.7 Å².